The second-order valence-electron chi connectivity index (χ2n) is 2.57. The smallest absolute Gasteiger partial charge is 0.0880 e. The van der Waals surface area contributed by atoms with Gasteiger partial charge in [-0.2, -0.15) is 0 Å². The molecule has 0 fully saturated rings. The molecular formula is C7H15N3O. The molecule has 0 aromatic carbocycles. The highest BCUT2D eigenvalue weighted by Gasteiger charge is 1.99. The third kappa shape index (κ3) is 4.10. The van der Waals surface area contributed by atoms with E-state index in [-0.39, 0.29) is 6.17 Å². The van der Waals surface area contributed by atoms with Crippen LogP contribution in [0.4, 0.5) is 0 Å². The van der Waals surface area contributed by atoms with Crippen LogP contribution in [0.1, 0.15) is 19.3 Å². The van der Waals surface area contributed by atoms with Crippen molar-refractivity contribution < 1.29 is 4.84 Å². The largest absolute Gasteiger partial charge is 0.315 e. The number of allylic oxidation sites excluding steroid dienone is 1. The van der Waals surface area contributed by atoms with Crippen molar-refractivity contribution in [2.45, 2.75) is 25.4 Å². The zero-order chi connectivity index (χ0) is 7.94. The van der Waals surface area contributed by atoms with Gasteiger partial charge in [0.15, 0.2) is 0 Å². The molecule has 4 heteroatoms. The summed E-state index contributed by atoms with van der Waals surface area (Å²) < 4.78 is 0. The fourth-order valence-corrected chi connectivity index (χ4v) is 0.921. The molecule has 0 saturated heterocycles. The van der Waals surface area contributed by atoms with Crippen LogP contribution < -0.4 is 16.7 Å². The summed E-state index contributed by atoms with van der Waals surface area (Å²) in [5.41, 5.74) is 11.0. The Morgan fingerprint density at radius 1 is 1.45 bits per heavy atom. The van der Waals surface area contributed by atoms with E-state index in [0.29, 0.717) is 6.61 Å². The lowest BCUT2D eigenvalue weighted by Gasteiger charge is -2.14. The molecule has 1 rings (SSSR count). The van der Waals surface area contributed by atoms with Crippen LogP contribution in [0.3, 0.4) is 0 Å². The molecule has 1 heterocycles. The van der Waals surface area contributed by atoms with Gasteiger partial charge in [-0.1, -0.05) is 12.2 Å². The van der Waals surface area contributed by atoms with E-state index in [9.17, 15) is 0 Å². The monoisotopic (exact) mass is 157 g/mol. The summed E-state index contributed by atoms with van der Waals surface area (Å²) >= 11 is 0. The molecule has 0 aromatic rings. The third-order valence-corrected chi connectivity index (χ3v) is 1.55. The average Bonchev–Trinajstić information content (AvgIpc) is 2.03. The van der Waals surface area contributed by atoms with Crippen molar-refractivity contribution in [3.05, 3.63) is 12.2 Å². The van der Waals surface area contributed by atoms with Gasteiger partial charge in [-0.3, -0.25) is 4.84 Å². The van der Waals surface area contributed by atoms with E-state index >= 15 is 0 Å². The summed E-state index contributed by atoms with van der Waals surface area (Å²) in [5.74, 6) is 0. The molecule has 0 aromatic heterocycles. The molecule has 0 amide bonds. The van der Waals surface area contributed by atoms with Crippen LogP contribution in [0, 0.1) is 0 Å². The first-order valence-corrected chi connectivity index (χ1v) is 3.92. The lowest BCUT2D eigenvalue weighted by atomic mass is 10.2. The second kappa shape index (κ2) is 5.26. The Labute approximate surface area is 66.7 Å². The van der Waals surface area contributed by atoms with Gasteiger partial charge >= 0.3 is 0 Å². The summed E-state index contributed by atoms with van der Waals surface area (Å²) in [5, 5.41) is 0. The van der Waals surface area contributed by atoms with Crippen molar-refractivity contribution in [1.29, 1.82) is 0 Å². The van der Waals surface area contributed by atoms with Gasteiger partial charge in [0.2, 0.25) is 0 Å². The van der Waals surface area contributed by atoms with E-state index in [2.05, 4.69) is 17.1 Å². The standard InChI is InChI=1S/C7H15N3O/c8-7-5-3-1-2-4-6-11-10-9-7/h2,4,7,9-10H,1,3,5-6,8H2/b4-2+. The molecule has 1 aliphatic rings. The summed E-state index contributed by atoms with van der Waals surface area (Å²) in [7, 11) is 0. The molecule has 1 atom stereocenters. The Morgan fingerprint density at radius 3 is 3.27 bits per heavy atom. The Balaban J connectivity index is 2.23. The fourth-order valence-electron chi connectivity index (χ4n) is 0.921. The second-order valence-corrected chi connectivity index (χ2v) is 2.57. The van der Waals surface area contributed by atoms with Crippen molar-refractivity contribution in [3.8, 4) is 0 Å². The van der Waals surface area contributed by atoms with Gasteiger partial charge < -0.3 is 5.73 Å². The van der Waals surface area contributed by atoms with Gasteiger partial charge in [-0.25, -0.2) is 5.43 Å². The Bertz CT molecular complexity index is 127. The molecule has 1 unspecified atom stereocenters. The SMILES string of the molecule is NC1CCC/C=C/CONN1. The zero-order valence-electron chi connectivity index (χ0n) is 6.55. The lowest BCUT2D eigenvalue weighted by molar-refractivity contribution is 0.0184. The average molecular weight is 157 g/mol. The first-order valence-electron chi connectivity index (χ1n) is 3.92. The van der Waals surface area contributed by atoms with Crippen molar-refractivity contribution >= 4 is 0 Å². The van der Waals surface area contributed by atoms with Crippen LogP contribution in [0.5, 0.6) is 0 Å². The number of rotatable bonds is 0. The van der Waals surface area contributed by atoms with Crippen LogP contribution in [-0.4, -0.2) is 12.8 Å². The van der Waals surface area contributed by atoms with Crippen LogP contribution in [0.25, 0.3) is 0 Å². The van der Waals surface area contributed by atoms with Gasteiger partial charge in [0, 0.05) is 0 Å². The first kappa shape index (κ1) is 8.67. The van der Waals surface area contributed by atoms with Crippen LogP contribution >= 0.6 is 0 Å². The molecule has 0 radical (unpaired) electrons. The number of hydrogen-bond acceptors (Lipinski definition) is 4. The summed E-state index contributed by atoms with van der Waals surface area (Å²) in [6.07, 6.45) is 7.25. The molecule has 0 aliphatic carbocycles. The molecule has 4 N–H and O–H groups in total. The van der Waals surface area contributed by atoms with Gasteiger partial charge in [-0.05, 0) is 19.3 Å². The molecule has 11 heavy (non-hydrogen) atoms. The van der Waals surface area contributed by atoms with E-state index in [4.69, 9.17) is 10.6 Å². The normalized spacial score (nSPS) is 31.2. The molecule has 0 bridgehead atoms. The Hall–Kier alpha value is -0.420. The summed E-state index contributed by atoms with van der Waals surface area (Å²) in [4.78, 5) is 4.95. The quantitative estimate of drug-likeness (QED) is 0.434. The summed E-state index contributed by atoms with van der Waals surface area (Å²) in [6, 6.07) is 0. The first-order chi connectivity index (χ1) is 5.39. The van der Waals surface area contributed by atoms with Gasteiger partial charge in [-0.15, -0.1) is 5.59 Å². The van der Waals surface area contributed by atoms with Crippen LogP contribution in [0.2, 0.25) is 0 Å². The molecular weight excluding hydrogens is 142 g/mol. The number of nitrogens with one attached hydrogen (secondary N) is 2. The Morgan fingerprint density at radius 2 is 2.36 bits per heavy atom. The zero-order valence-corrected chi connectivity index (χ0v) is 6.55. The minimum Gasteiger partial charge on any atom is -0.315 e. The maximum Gasteiger partial charge on any atom is 0.0880 e. The minimum absolute atomic E-state index is 0.0125. The van der Waals surface area contributed by atoms with Gasteiger partial charge in [0.05, 0.1) is 12.8 Å². The van der Waals surface area contributed by atoms with Crippen molar-refractivity contribution in [3.63, 3.8) is 0 Å². The van der Waals surface area contributed by atoms with Crippen LogP contribution in [-0.2, 0) is 4.84 Å². The maximum absolute atomic E-state index is 5.65. The third-order valence-electron chi connectivity index (χ3n) is 1.55. The highest BCUT2D eigenvalue weighted by molar-refractivity contribution is 4.81. The van der Waals surface area contributed by atoms with Crippen molar-refractivity contribution in [2.75, 3.05) is 6.61 Å². The molecule has 1 aliphatic heterocycles. The van der Waals surface area contributed by atoms with E-state index in [1.165, 1.54) is 0 Å². The van der Waals surface area contributed by atoms with Gasteiger partial charge in [0.25, 0.3) is 0 Å². The van der Waals surface area contributed by atoms with E-state index in [1.54, 1.807) is 0 Å². The fraction of sp³-hybridized carbons (Fsp3) is 0.714. The van der Waals surface area contributed by atoms with Gasteiger partial charge in [0.1, 0.15) is 0 Å². The minimum atomic E-state index is -0.0125. The summed E-state index contributed by atoms with van der Waals surface area (Å²) in [6.45, 7) is 0.583. The molecule has 4 nitrogen and oxygen atoms in total. The number of hydrogen-bond donors (Lipinski definition) is 3. The maximum atomic E-state index is 5.65. The molecule has 64 valence electrons. The highest BCUT2D eigenvalue weighted by atomic mass is 16.7. The molecule has 0 spiro atoms. The molecule has 0 saturated carbocycles. The van der Waals surface area contributed by atoms with Crippen molar-refractivity contribution in [2.24, 2.45) is 5.73 Å². The topological polar surface area (TPSA) is 59.3 Å². The van der Waals surface area contributed by atoms with E-state index < -0.39 is 0 Å². The Kier molecular flexibility index (Phi) is 4.15. The number of nitrogens with two attached hydrogens (primary N) is 1. The highest BCUT2D eigenvalue weighted by Crippen LogP contribution is 1.98. The van der Waals surface area contributed by atoms with Crippen LogP contribution in [0.15, 0.2) is 12.2 Å². The van der Waals surface area contributed by atoms with Crippen molar-refractivity contribution in [1.82, 2.24) is 11.0 Å². The number of hydrazine groups is 1. The van der Waals surface area contributed by atoms with E-state index in [1.807, 2.05) is 6.08 Å². The predicted molar refractivity (Wildman–Crippen MR) is 43.2 cm³/mol. The van der Waals surface area contributed by atoms with E-state index in [0.717, 1.165) is 19.3 Å². The predicted octanol–water partition coefficient (Wildman–Crippen LogP) is 0.0371. The lowest BCUT2D eigenvalue weighted by Crippen LogP contribution is -2.46.